The number of nitrogens with one attached hydrogen (secondary N) is 1. The van der Waals surface area contributed by atoms with Crippen LogP contribution in [0.3, 0.4) is 0 Å². The van der Waals surface area contributed by atoms with Crippen LogP contribution in [0.2, 0.25) is 5.15 Å². The summed E-state index contributed by atoms with van der Waals surface area (Å²) in [5, 5.41) is 12.4. The average Bonchev–Trinajstić information content (AvgIpc) is 2.83. The molecule has 0 saturated heterocycles. The number of aromatic nitrogens is 2. The van der Waals surface area contributed by atoms with Crippen molar-refractivity contribution in [2.24, 2.45) is 5.10 Å². The third-order valence-corrected chi connectivity index (χ3v) is 4.62. The van der Waals surface area contributed by atoms with Crippen LogP contribution in [0.4, 0.5) is 5.82 Å². The van der Waals surface area contributed by atoms with Crippen molar-refractivity contribution in [2.75, 3.05) is 71.5 Å². The van der Waals surface area contributed by atoms with Crippen molar-refractivity contribution in [2.45, 2.75) is 6.92 Å². The average molecular weight is 481 g/mol. The second-order valence-corrected chi connectivity index (χ2v) is 7.25. The molecule has 1 aliphatic rings. The van der Waals surface area contributed by atoms with Crippen molar-refractivity contribution < 1.29 is 28.4 Å². The van der Waals surface area contributed by atoms with Gasteiger partial charge in [-0.3, -0.25) is 5.43 Å². The summed E-state index contributed by atoms with van der Waals surface area (Å²) in [5.74, 6) is 1.70. The predicted octanol–water partition coefficient (Wildman–Crippen LogP) is 2.80. The summed E-state index contributed by atoms with van der Waals surface area (Å²) >= 11 is 5.76. The van der Waals surface area contributed by atoms with Gasteiger partial charge in [-0.15, -0.1) is 10.2 Å². The zero-order valence-corrected chi connectivity index (χ0v) is 19.4. The fourth-order valence-electron chi connectivity index (χ4n) is 2.73. The fraction of sp³-hybridized carbons (Fsp3) is 0.500. The lowest BCUT2D eigenvalue weighted by atomic mass is 10.1. The molecule has 1 aromatic carbocycles. The summed E-state index contributed by atoms with van der Waals surface area (Å²) in [6.45, 7) is 6.56. The van der Waals surface area contributed by atoms with E-state index in [1.807, 2.05) is 25.1 Å². The van der Waals surface area contributed by atoms with Gasteiger partial charge in [0.1, 0.15) is 13.2 Å². The van der Waals surface area contributed by atoms with Gasteiger partial charge in [0.25, 0.3) is 0 Å². The van der Waals surface area contributed by atoms with Crippen LogP contribution < -0.4 is 14.9 Å². The first-order chi connectivity index (χ1) is 16.2. The lowest BCUT2D eigenvalue weighted by Crippen LogP contribution is -2.16. The number of fused-ring (bicyclic) bond motifs is 1. The van der Waals surface area contributed by atoms with E-state index in [2.05, 4.69) is 20.7 Å². The molecule has 33 heavy (non-hydrogen) atoms. The maximum absolute atomic E-state index is 5.94. The first kappa shape index (κ1) is 25.1. The molecule has 2 heterocycles. The molecule has 1 aromatic heterocycles. The highest BCUT2D eigenvalue weighted by Crippen LogP contribution is 2.29. The van der Waals surface area contributed by atoms with Crippen molar-refractivity contribution in [1.82, 2.24) is 10.2 Å². The Hall–Kier alpha value is -2.50. The first-order valence-corrected chi connectivity index (χ1v) is 11.1. The van der Waals surface area contributed by atoms with Gasteiger partial charge in [0.2, 0.25) is 0 Å². The van der Waals surface area contributed by atoms with E-state index >= 15 is 0 Å². The van der Waals surface area contributed by atoms with Gasteiger partial charge in [-0.05, 0) is 37.3 Å². The number of hydrazone groups is 1. The molecule has 0 unspecified atom stereocenters. The third kappa shape index (κ3) is 9.48. The number of nitrogens with zero attached hydrogens (tertiary/aromatic N) is 3. The number of hydrogen-bond acceptors (Lipinski definition) is 10. The zero-order chi connectivity index (χ0) is 23.1. The van der Waals surface area contributed by atoms with Crippen molar-refractivity contribution in [3.63, 3.8) is 0 Å². The molecular weight excluding hydrogens is 452 g/mol. The molecule has 1 N–H and O–H groups in total. The third-order valence-electron chi connectivity index (χ3n) is 4.42. The summed E-state index contributed by atoms with van der Waals surface area (Å²) in [4.78, 5) is 0. The quantitative estimate of drug-likeness (QED) is 0.524. The van der Waals surface area contributed by atoms with E-state index < -0.39 is 0 Å². The summed E-state index contributed by atoms with van der Waals surface area (Å²) < 4.78 is 33.8. The summed E-state index contributed by atoms with van der Waals surface area (Å²) in [7, 11) is 0. The highest BCUT2D eigenvalue weighted by atomic mass is 35.5. The van der Waals surface area contributed by atoms with Gasteiger partial charge in [-0.25, -0.2) is 0 Å². The molecular formula is C22H29ClN4O6. The first-order valence-electron chi connectivity index (χ1n) is 10.7. The van der Waals surface area contributed by atoms with Crippen molar-refractivity contribution >= 4 is 23.1 Å². The Morgan fingerprint density at radius 3 is 1.91 bits per heavy atom. The molecule has 0 aliphatic carbocycles. The Morgan fingerprint density at radius 2 is 1.33 bits per heavy atom. The highest BCUT2D eigenvalue weighted by molar-refractivity contribution is 6.29. The number of benzene rings is 1. The molecule has 3 rings (SSSR count). The standard InChI is InChI=1S/C22H29ClN4O6/c1-17(24-26-22-5-4-21(23)25-27-22)18-2-3-19-20(16-18)33-15-13-31-11-9-29-7-6-28-8-10-30-12-14-32-19/h2-5,16H,6-15H2,1H3,(H,26,27)/b24-17+. The van der Waals surface area contributed by atoms with Crippen molar-refractivity contribution in [3.8, 4) is 11.5 Å². The molecule has 0 saturated carbocycles. The zero-order valence-electron chi connectivity index (χ0n) is 18.6. The molecule has 0 bridgehead atoms. The van der Waals surface area contributed by atoms with E-state index in [9.17, 15) is 0 Å². The Kier molecular flexibility index (Phi) is 11.1. The van der Waals surface area contributed by atoms with Crippen LogP contribution in [-0.2, 0) is 18.9 Å². The SMILES string of the molecule is C/C(=N\Nc1ccc(Cl)nn1)c1ccc2c(c1)OCCOCCOCCOCCOCCO2. The minimum absolute atomic E-state index is 0.317. The highest BCUT2D eigenvalue weighted by Gasteiger charge is 2.10. The predicted molar refractivity (Wildman–Crippen MR) is 124 cm³/mol. The molecule has 2 aromatic rings. The van der Waals surface area contributed by atoms with Gasteiger partial charge in [0, 0.05) is 5.56 Å². The smallest absolute Gasteiger partial charge is 0.168 e. The molecule has 11 heteroatoms. The van der Waals surface area contributed by atoms with E-state index in [1.54, 1.807) is 12.1 Å². The minimum Gasteiger partial charge on any atom is -0.487 e. The van der Waals surface area contributed by atoms with Crippen molar-refractivity contribution in [1.29, 1.82) is 0 Å². The second-order valence-electron chi connectivity index (χ2n) is 6.86. The molecule has 10 nitrogen and oxygen atoms in total. The van der Waals surface area contributed by atoms with Gasteiger partial charge in [0.15, 0.2) is 22.5 Å². The van der Waals surface area contributed by atoms with Crippen LogP contribution in [0, 0.1) is 0 Å². The van der Waals surface area contributed by atoms with Crippen LogP contribution >= 0.6 is 11.6 Å². The van der Waals surface area contributed by atoms with Crippen LogP contribution in [0.25, 0.3) is 0 Å². The summed E-state index contributed by atoms with van der Waals surface area (Å²) in [5.41, 5.74) is 4.45. The number of anilines is 1. The number of halogens is 1. The largest absolute Gasteiger partial charge is 0.487 e. The number of rotatable bonds is 3. The van der Waals surface area contributed by atoms with Gasteiger partial charge < -0.3 is 28.4 Å². The normalized spacial score (nSPS) is 17.6. The van der Waals surface area contributed by atoms with Crippen LogP contribution in [0.1, 0.15) is 12.5 Å². The van der Waals surface area contributed by atoms with Gasteiger partial charge in [-0.1, -0.05) is 11.6 Å². The summed E-state index contributed by atoms with van der Waals surface area (Å²) in [6, 6.07) is 8.96. The Morgan fingerprint density at radius 1 is 0.758 bits per heavy atom. The van der Waals surface area contributed by atoms with E-state index in [0.29, 0.717) is 88.5 Å². The Balaban J connectivity index is 1.63. The van der Waals surface area contributed by atoms with E-state index in [4.69, 9.17) is 40.0 Å². The van der Waals surface area contributed by atoms with Gasteiger partial charge >= 0.3 is 0 Å². The van der Waals surface area contributed by atoms with Gasteiger partial charge in [-0.2, -0.15) is 5.10 Å². The number of hydrogen-bond donors (Lipinski definition) is 1. The summed E-state index contributed by atoms with van der Waals surface area (Å²) in [6.07, 6.45) is 0. The minimum atomic E-state index is 0.317. The lowest BCUT2D eigenvalue weighted by molar-refractivity contribution is -0.00841. The molecule has 0 radical (unpaired) electrons. The van der Waals surface area contributed by atoms with E-state index in [1.165, 1.54) is 0 Å². The maximum Gasteiger partial charge on any atom is 0.168 e. The van der Waals surface area contributed by atoms with E-state index in [-0.39, 0.29) is 0 Å². The molecule has 0 amide bonds. The molecule has 0 spiro atoms. The topological polar surface area (TPSA) is 106 Å². The Bertz CT molecular complexity index is 868. The van der Waals surface area contributed by atoms with Gasteiger partial charge in [0.05, 0.1) is 58.6 Å². The molecule has 0 atom stereocenters. The maximum atomic E-state index is 5.94. The number of ether oxygens (including phenoxy) is 6. The van der Waals surface area contributed by atoms with Crippen LogP contribution in [0.5, 0.6) is 11.5 Å². The van der Waals surface area contributed by atoms with E-state index in [0.717, 1.165) is 11.3 Å². The van der Waals surface area contributed by atoms with Crippen molar-refractivity contribution in [3.05, 3.63) is 41.0 Å². The molecule has 180 valence electrons. The van der Waals surface area contributed by atoms with Crippen LogP contribution in [-0.4, -0.2) is 82.0 Å². The molecule has 0 fully saturated rings. The Labute approximate surface area is 198 Å². The van der Waals surface area contributed by atoms with Crippen LogP contribution in [0.15, 0.2) is 35.4 Å². The fourth-order valence-corrected chi connectivity index (χ4v) is 2.83. The molecule has 1 aliphatic heterocycles. The second kappa shape index (κ2) is 14.6. The lowest BCUT2D eigenvalue weighted by Gasteiger charge is -2.15. The monoisotopic (exact) mass is 480 g/mol.